The van der Waals surface area contributed by atoms with Crippen LogP contribution in [0.5, 0.6) is 0 Å². The molecule has 2 aliphatic rings. The number of benzene rings is 1. The molecule has 2 saturated heterocycles. The van der Waals surface area contributed by atoms with E-state index in [0.29, 0.717) is 24.3 Å². The van der Waals surface area contributed by atoms with E-state index in [-0.39, 0.29) is 17.3 Å². The van der Waals surface area contributed by atoms with E-state index < -0.39 is 11.6 Å². The van der Waals surface area contributed by atoms with Crippen LogP contribution in [-0.4, -0.2) is 31.5 Å². The zero-order valence-electron chi connectivity index (χ0n) is 11.6. The van der Waals surface area contributed by atoms with Crippen LogP contribution in [0.25, 0.3) is 0 Å². The Labute approximate surface area is 131 Å². The second-order valence-corrected chi connectivity index (χ2v) is 6.64. The van der Waals surface area contributed by atoms with Crippen molar-refractivity contribution in [3.05, 3.63) is 28.2 Å². The SMILES string of the molecule is Fc1cc(Br)cc(F)c1NC1CCOC2(CCOCC2)C1. The van der Waals surface area contributed by atoms with Crippen LogP contribution in [-0.2, 0) is 9.47 Å². The average Bonchev–Trinajstić information content (AvgIpc) is 2.44. The maximum absolute atomic E-state index is 13.9. The Morgan fingerprint density at radius 2 is 1.81 bits per heavy atom. The van der Waals surface area contributed by atoms with Gasteiger partial charge in [-0.25, -0.2) is 8.78 Å². The van der Waals surface area contributed by atoms with Gasteiger partial charge in [0.05, 0.1) is 5.60 Å². The van der Waals surface area contributed by atoms with Gasteiger partial charge in [0.15, 0.2) is 0 Å². The highest BCUT2D eigenvalue weighted by Crippen LogP contribution is 2.36. The lowest BCUT2D eigenvalue weighted by Gasteiger charge is -2.43. The van der Waals surface area contributed by atoms with E-state index in [1.807, 2.05) is 0 Å². The van der Waals surface area contributed by atoms with E-state index in [0.717, 1.165) is 25.7 Å². The van der Waals surface area contributed by atoms with E-state index >= 15 is 0 Å². The van der Waals surface area contributed by atoms with Crippen molar-refractivity contribution in [2.75, 3.05) is 25.1 Å². The van der Waals surface area contributed by atoms with Crippen LogP contribution in [0.15, 0.2) is 16.6 Å². The lowest BCUT2D eigenvalue weighted by molar-refractivity contribution is -0.135. The van der Waals surface area contributed by atoms with Crippen molar-refractivity contribution in [3.63, 3.8) is 0 Å². The Hall–Kier alpha value is -0.720. The van der Waals surface area contributed by atoms with Crippen LogP contribution in [0.4, 0.5) is 14.5 Å². The van der Waals surface area contributed by atoms with E-state index in [2.05, 4.69) is 21.2 Å². The number of hydrogen-bond acceptors (Lipinski definition) is 3. The first-order valence-electron chi connectivity index (χ1n) is 7.21. The monoisotopic (exact) mass is 361 g/mol. The van der Waals surface area contributed by atoms with Crippen LogP contribution in [0, 0.1) is 11.6 Å². The molecule has 0 saturated carbocycles. The van der Waals surface area contributed by atoms with Crippen LogP contribution in [0.2, 0.25) is 0 Å². The molecule has 1 spiro atoms. The molecular weight excluding hydrogens is 344 g/mol. The number of hydrogen-bond donors (Lipinski definition) is 1. The molecule has 1 atom stereocenters. The lowest BCUT2D eigenvalue weighted by atomic mass is 9.84. The molecule has 2 fully saturated rings. The third-order valence-electron chi connectivity index (χ3n) is 4.25. The largest absolute Gasteiger partial charge is 0.381 e. The van der Waals surface area contributed by atoms with E-state index in [9.17, 15) is 8.78 Å². The number of nitrogens with one attached hydrogen (secondary N) is 1. The van der Waals surface area contributed by atoms with Gasteiger partial charge in [-0.15, -0.1) is 0 Å². The molecule has 1 unspecified atom stereocenters. The summed E-state index contributed by atoms with van der Waals surface area (Å²) in [6.07, 6.45) is 3.19. The molecule has 0 amide bonds. The summed E-state index contributed by atoms with van der Waals surface area (Å²) >= 11 is 3.09. The van der Waals surface area contributed by atoms with Gasteiger partial charge in [0.2, 0.25) is 0 Å². The fourth-order valence-electron chi connectivity index (χ4n) is 3.13. The minimum Gasteiger partial charge on any atom is -0.381 e. The molecule has 1 aromatic rings. The van der Waals surface area contributed by atoms with Crippen molar-refractivity contribution in [3.8, 4) is 0 Å². The van der Waals surface area contributed by atoms with Gasteiger partial charge >= 0.3 is 0 Å². The normalized spacial score (nSPS) is 25.0. The first kappa shape index (κ1) is 15.2. The molecular formula is C15H18BrF2NO2. The summed E-state index contributed by atoms with van der Waals surface area (Å²) in [5, 5.41) is 3.02. The zero-order chi connectivity index (χ0) is 14.9. The molecule has 1 aromatic carbocycles. The van der Waals surface area contributed by atoms with Crippen molar-refractivity contribution in [2.45, 2.75) is 37.3 Å². The second-order valence-electron chi connectivity index (χ2n) is 5.72. The van der Waals surface area contributed by atoms with E-state index in [1.54, 1.807) is 0 Å². The van der Waals surface area contributed by atoms with Crippen LogP contribution < -0.4 is 5.32 Å². The van der Waals surface area contributed by atoms with Gasteiger partial charge in [-0.1, -0.05) is 15.9 Å². The van der Waals surface area contributed by atoms with Crippen LogP contribution in [0.3, 0.4) is 0 Å². The van der Waals surface area contributed by atoms with E-state index in [4.69, 9.17) is 9.47 Å². The van der Waals surface area contributed by atoms with Gasteiger partial charge in [-0.2, -0.15) is 0 Å². The van der Waals surface area contributed by atoms with Gasteiger partial charge in [-0.3, -0.25) is 0 Å². The standard InChI is InChI=1S/C15H18BrF2NO2/c16-10-7-12(17)14(13(18)8-10)19-11-1-4-21-15(9-11)2-5-20-6-3-15/h7-8,11,19H,1-6,9H2. The molecule has 0 aromatic heterocycles. The van der Waals surface area contributed by atoms with Gasteiger partial charge < -0.3 is 14.8 Å². The average molecular weight is 362 g/mol. The van der Waals surface area contributed by atoms with Crippen LogP contribution in [0.1, 0.15) is 25.7 Å². The molecule has 6 heteroatoms. The quantitative estimate of drug-likeness (QED) is 0.867. The smallest absolute Gasteiger partial charge is 0.150 e. The molecule has 0 bridgehead atoms. The molecule has 21 heavy (non-hydrogen) atoms. The zero-order valence-corrected chi connectivity index (χ0v) is 13.2. The number of ether oxygens (including phenoxy) is 2. The van der Waals surface area contributed by atoms with Crippen molar-refractivity contribution in [2.24, 2.45) is 0 Å². The molecule has 116 valence electrons. The Morgan fingerprint density at radius 1 is 1.14 bits per heavy atom. The summed E-state index contributed by atoms with van der Waals surface area (Å²) in [6.45, 7) is 1.99. The molecule has 0 radical (unpaired) electrons. The van der Waals surface area contributed by atoms with Gasteiger partial charge in [0.1, 0.15) is 17.3 Å². The first-order chi connectivity index (χ1) is 10.1. The molecule has 2 aliphatic heterocycles. The summed E-state index contributed by atoms with van der Waals surface area (Å²) in [5.41, 5.74) is -0.247. The number of anilines is 1. The van der Waals surface area contributed by atoms with Gasteiger partial charge in [0.25, 0.3) is 0 Å². The number of halogens is 3. The molecule has 3 rings (SSSR count). The summed E-state index contributed by atoms with van der Waals surface area (Å²) in [7, 11) is 0. The Bertz CT molecular complexity index is 492. The van der Waals surface area contributed by atoms with Crippen LogP contribution >= 0.6 is 15.9 Å². The van der Waals surface area contributed by atoms with Crippen molar-refractivity contribution in [1.82, 2.24) is 0 Å². The minimum absolute atomic E-state index is 0.0158. The molecule has 1 N–H and O–H groups in total. The lowest BCUT2D eigenvalue weighted by Crippen LogP contribution is -2.48. The highest BCUT2D eigenvalue weighted by Gasteiger charge is 2.39. The second kappa shape index (κ2) is 6.18. The topological polar surface area (TPSA) is 30.5 Å². The Balaban J connectivity index is 1.73. The number of rotatable bonds is 2. The fraction of sp³-hybridized carbons (Fsp3) is 0.600. The summed E-state index contributed by atoms with van der Waals surface area (Å²) in [4.78, 5) is 0. The maximum Gasteiger partial charge on any atom is 0.150 e. The molecule has 2 heterocycles. The third kappa shape index (κ3) is 3.38. The molecule has 0 aliphatic carbocycles. The predicted octanol–water partition coefficient (Wildman–Crippen LogP) is 3.87. The summed E-state index contributed by atoms with van der Waals surface area (Å²) in [6, 6.07) is 2.56. The highest BCUT2D eigenvalue weighted by molar-refractivity contribution is 9.10. The predicted molar refractivity (Wildman–Crippen MR) is 79.4 cm³/mol. The third-order valence-corrected chi connectivity index (χ3v) is 4.71. The van der Waals surface area contributed by atoms with E-state index in [1.165, 1.54) is 12.1 Å². The summed E-state index contributed by atoms with van der Waals surface area (Å²) < 4.78 is 39.5. The Kier molecular flexibility index (Phi) is 4.47. The van der Waals surface area contributed by atoms with Crippen molar-refractivity contribution >= 4 is 21.6 Å². The highest BCUT2D eigenvalue weighted by atomic mass is 79.9. The van der Waals surface area contributed by atoms with Crippen molar-refractivity contribution in [1.29, 1.82) is 0 Å². The minimum atomic E-state index is -0.575. The molecule has 3 nitrogen and oxygen atoms in total. The first-order valence-corrected chi connectivity index (χ1v) is 8.00. The fourth-order valence-corrected chi connectivity index (χ4v) is 3.53. The van der Waals surface area contributed by atoms with Gasteiger partial charge in [-0.05, 0) is 37.8 Å². The van der Waals surface area contributed by atoms with Crippen molar-refractivity contribution < 1.29 is 18.3 Å². The summed E-state index contributed by atoms with van der Waals surface area (Å²) in [5.74, 6) is -1.15. The maximum atomic E-state index is 13.9. The van der Waals surface area contributed by atoms with Gasteiger partial charge in [0, 0.05) is 30.3 Å². The Morgan fingerprint density at radius 3 is 2.48 bits per heavy atom.